The number of hydrogen-bond donors (Lipinski definition) is 0. The number of nitrogens with zero attached hydrogens (tertiary/aromatic N) is 3. The van der Waals surface area contributed by atoms with Crippen LogP contribution in [-0.2, 0) is 0 Å². The van der Waals surface area contributed by atoms with Crippen LogP contribution in [0.25, 0.3) is 0 Å². The Labute approximate surface area is 77.1 Å². The predicted molar refractivity (Wildman–Crippen MR) is 46.9 cm³/mol. The van der Waals surface area contributed by atoms with Gasteiger partial charge in [0, 0.05) is 0 Å². The minimum atomic E-state index is 0.318. The SMILES string of the molecule is CCOc1nc(C)nc(OCC)n1. The van der Waals surface area contributed by atoms with Gasteiger partial charge in [0.2, 0.25) is 0 Å². The van der Waals surface area contributed by atoms with Gasteiger partial charge in [-0.05, 0) is 20.8 Å². The smallest absolute Gasteiger partial charge is 0.322 e. The van der Waals surface area contributed by atoms with Crippen LogP contribution in [0, 0.1) is 6.92 Å². The van der Waals surface area contributed by atoms with E-state index in [1.807, 2.05) is 13.8 Å². The van der Waals surface area contributed by atoms with E-state index in [0.717, 1.165) is 0 Å². The van der Waals surface area contributed by atoms with Crippen molar-refractivity contribution in [3.63, 3.8) is 0 Å². The molecule has 0 spiro atoms. The minimum absolute atomic E-state index is 0.318. The van der Waals surface area contributed by atoms with Crippen molar-refractivity contribution in [1.29, 1.82) is 0 Å². The molecule has 0 aromatic carbocycles. The summed E-state index contributed by atoms with van der Waals surface area (Å²) < 4.78 is 10.3. The molecule has 1 heterocycles. The van der Waals surface area contributed by atoms with Gasteiger partial charge in [0.25, 0.3) is 0 Å². The summed E-state index contributed by atoms with van der Waals surface area (Å²) in [6.45, 7) is 6.59. The van der Waals surface area contributed by atoms with E-state index in [1.54, 1.807) is 6.92 Å². The fourth-order valence-electron chi connectivity index (χ4n) is 0.821. The molecule has 0 saturated carbocycles. The molecule has 0 amide bonds. The van der Waals surface area contributed by atoms with Crippen LogP contribution >= 0.6 is 0 Å². The number of aryl methyl sites for hydroxylation is 1. The van der Waals surface area contributed by atoms with Gasteiger partial charge >= 0.3 is 12.0 Å². The number of ether oxygens (including phenoxy) is 2. The molecule has 0 radical (unpaired) electrons. The van der Waals surface area contributed by atoms with Crippen LogP contribution in [0.4, 0.5) is 0 Å². The summed E-state index contributed by atoms with van der Waals surface area (Å²) >= 11 is 0. The molecular formula is C8H13N3O2. The number of rotatable bonds is 4. The van der Waals surface area contributed by atoms with Gasteiger partial charge < -0.3 is 9.47 Å². The van der Waals surface area contributed by atoms with E-state index in [2.05, 4.69) is 15.0 Å². The van der Waals surface area contributed by atoms with Crippen LogP contribution in [0.15, 0.2) is 0 Å². The summed E-state index contributed by atoms with van der Waals surface area (Å²) in [5.74, 6) is 0.599. The Hall–Kier alpha value is -1.39. The first-order valence-electron chi connectivity index (χ1n) is 4.24. The van der Waals surface area contributed by atoms with E-state index in [9.17, 15) is 0 Å². The quantitative estimate of drug-likeness (QED) is 0.696. The van der Waals surface area contributed by atoms with Crippen LogP contribution < -0.4 is 9.47 Å². The first-order chi connectivity index (χ1) is 6.26. The largest absolute Gasteiger partial charge is 0.464 e. The normalized spacial score (nSPS) is 9.77. The average molecular weight is 183 g/mol. The minimum Gasteiger partial charge on any atom is -0.464 e. The monoisotopic (exact) mass is 183 g/mol. The topological polar surface area (TPSA) is 57.1 Å². The molecule has 0 atom stereocenters. The molecule has 0 saturated heterocycles. The first-order valence-corrected chi connectivity index (χ1v) is 4.24. The summed E-state index contributed by atoms with van der Waals surface area (Å²) in [7, 11) is 0. The van der Waals surface area contributed by atoms with E-state index in [-0.39, 0.29) is 0 Å². The van der Waals surface area contributed by atoms with Crippen molar-refractivity contribution in [3.05, 3.63) is 5.82 Å². The van der Waals surface area contributed by atoms with Crippen LogP contribution in [0.1, 0.15) is 19.7 Å². The highest BCUT2D eigenvalue weighted by Crippen LogP contribution is 2.08. The van der Waals surface area contributed by atoms with Crippen LogP contribution in [0.2, 0.25) is 0 Å². The molecule has 0 aliphatic carbocycles. The van der Waals surface area contributed by atoms with Gasteiger partial charge in [-0.1, -0.05) is 0 Å². The molecule has 13 heavy (non-hydrogen) atoms. The molecule has 0 bridgehead atoms. The summed E-state index contributed by atoms with van der Waals surface area (Å²) in [6.07, 6.45) is 0. The zero-order chi connectivity index (χ0) is 9.68. The van der Waals surface area contributed by atoms with E-state index in [4.69, 9.17) is 9.47 Å². The Kier molecular flexibility index (Phi) is 3.42. The van der Waals surface area contributed by atoms with Crippen molar-refractivity contribution in [2.75, 3.05) is 13.2 Å². The number of hydrogen-bond acceptors (Lipinski definition) is 5. The highest BCUT2D eigenvalue weighted by atomic mass is 16.5. The maximum Gasteiger partial charge on any atom is 0.322 e. The van der Waals surface area contributed by atoms with Gasteiger partial charge in [0.15, 0.2) is 0 Å². The van der Waals surface area contributed by atoms with Crippen LogP contribution in [-0.4, -0.2) is 28.2 Å². The molecule has 1 rings (SSSR count). The first kappa shape index (κ1) is 9.70. The van der Waals surface area contributed by atoms with Gasteiger partial charge in [-0.2, -0.15) is 9.97 Å². The van der Waals surface area contributed by atoms with Gasteiger partial charge in [0.05, 0.1) is 13.2 Å². The Morgan fingerprint density at radius 3 is 1.77 bits per heavy atom. The Morgan fingerprint density at radius 2 is 1.38 bits per heavy atom. The molecule has 1 aromatic heterocycles. The molecule has 72 valence electrons. The second-order valence-corrected chi connectivity index (χ2v) is 2.31. The molecule has 0 aliphatic rings. The third-order valence-electron chi connectivity index (χ3n) is 1.25. The highest BCUT2D eigenvalue weighted by Gasteiger charge is 2.03. The van der Waals surface area contributed by atoms with Gasteiger partial charge in [-0.25, -0.2) is 0 Å². The van der Waals surface area contributed by atoms with Crippen molar-refractivity contribution in [2.24, 2.45) is 0 Å². The summed E-state index contributed by atoms with van der Waals surface area (Å²) in [6, 6.07) is 0.636. The second kappa shape index (κ2) is 4.59. The van der Waals surface area contributed by atoms with Crippen molar-refractivity contribution in [3.8, 4) is 12.0 Å². The third-order valence-corrected chi connectivity index (χ3v) is 1.25. The molecule has 1 aromatic rings. The molecule has 0 N–H and O–H groups in total. The third kappa shape index (κ3) is 2.85. The summed E-state index contributed by atoms with van der Waals surface area (Å²) in [5, 5.41) is 0. The van der Waals surface area contributed by atoms with Crippen molar-refractivity contribution in [1.82, 2.24) is 15.0 Å². The van der Waals surface area contributed by atoms with Crippen molar-refractivity contribution < 1.29 is 9.47 Å². The lowest BCUT2D eigenvalue weighted by Crippen LogP contribution is -2.04. The maximum atomic E-state index is 5.13. The van der Waals surface area contributed by atoms with Gasteiger partial charge in [-0.3, -0.25) is 0 Å². The summed E-state index contributed by atoms with van der Waals surface area (Å²) in [5.41, 5.74) is 0. The van der Waals surface area contributed by atoms with E-state index in [1.165, 1.54) is 0 Å². The van der Waals surface area contributed by atoms with Crippen LogP contribution in [0.3, 0.4) is 0 Å². The highest BCUT2D eigenvalue weighted by molar-refractivity contribution is 5.04. The Morgan fingerprint density at radius 1 is 0.923 bits per heavy atom. The van der Waals surface area contributed by atoms with Gasteiger partial charge in [0.1, 0.15) is 5.82 Å². The average Bonchev–Trinajstić information content (AvgIpc) is 2.04. The zero-order valence-corrected chi connectivity index (χ0v) is 8.07. The standard InChI is InChI=1S/C8H13N3O2/c1-4-12-7-9-6(3)10-8(11-7)13-5-2/h4-5H2,1-3H3. The lowest BCUT2D eigenvalue weighted by atomic mass is 10.7. The fourth-order valence-corrected chi connectivity index (χ4v) is 0.821. The molecule has 5 nitrogen and oxygen atoms in total. The second-order valence-electron chi connectivity index (χ2n) is 2.31. The summed E-state index contributed by atoms with van der Waals surface area (Å²) in [4.78, 5) is 11.9. The fraction of sp³-hybridized carbons (Fsp3) is 0.625. The van der Waals surface area contributed by atoms with E-state index < -0.39 is 0 Å². The predicted octanol–water partition coefficient (Wildman–Crippen LogP) is 0.977. The molecule has 0 fully saturated rings. The lowest BCUT2D eigenvalue weighted by molar-refractivity contribution is 0.277. The van der Waals surface area contributed by atoms with Crippen molar-refractivity contribution in [2.45, 2.75) is 20.8 Å². The Balaban J connectivity index is 2.83. The van der Waals surface area contributed by atoms with E-state index >= 15 is 0 Å². The molecule has 0 aliphatic heterocycles. The molecule has 5 heteroatoms. The maximum absolute atomic E-state index is 5.13. The zero-order valence-electron chi connectivity index (χ0n) is 8.07. The Bertz CT molecular complexity index is 254. The lowest BCUT2D eigenvalue weighted by Gasteiger charge is -2.04. The van der Waals surface area contributed by atoms with Crippen molar-refractivity contribution >= 4 is 0 Å². The molecular weight excluding hydrogens is 170 g/mol. The molecule has 0 unspecified atom stereocenters. The van der Waals surface area contributed by atoms with E-state index in [0.29, 0.717) is 31.1 Å². The van der Waals surface area contributed by atoms with Gasteiger partial charge in [-0.15, -0.1) is 4.98 Å². The number of aromatic nitrogens is 3. The van der Waals surface area contributed by atoms with Crippen LogP contribution in [0.5, 0.6) is 12.0 Å².